The summed E-state index contributed by atoms with van der Waals surface area (Å²) in [5, 5.41) is 0. The van der Waals surface area contributed by atoms with Crippen molar-refractivity contribution >= 4 is 22.2 Å². The van der Waals surface area contributed by atoms with Crippen LogP contribution in [0.1, 0.15) is 10.4 Å². The van der Waals surface area contributed by atoms with E-state index in [-0.39, 0.29) is 0 Å². The van der Waals surface area contributed by atoms with E-state index in [9.17, 15) is 4.79 Å². The second-order valence-electron chi connectivity index (χ2n) is 3.92. The molecule has 0 atom stereocenters. The van der Waals surface area contributed by atoms with E-state index in [2.05, 4.69) is 15.9 Å². The molecule has 2 aromatic carbocycles. The molecule has 98 valence electrons. The first-order valence-corrected chi connectivity index (χ1v) is 6.46. The predicted molar refractivity (Wildman–Crippen MR) is 78.1 cm³/mol. The lowest BCUT2D eigenvalue weighted by atomic mass is 9.99. The Labute approximate surface area is 120 Å². The van der Waals surface area contributed by atoms with Crippen LogP contribution >= 0.6 is 15.9 Å². The molecule has 0 bridgehead atoms. The number of carbonyl (C=O) groups is 1. The van der Waals surface area contributed by atoms with E-state index in [0.717, 1.165) is 21.9 Å². The van der Waals surface area contributed by atoms with Crippen molar-refractivity contribution < 1.29 is 14.3 Å². The van der Waals surface area contributed by atoms with Crippen molar-refractivity contribution in [1.29, 1.82) is 0 Å². The van der Waals surface area contributed by atoms with Crippen LogP contribution in [-0.4, -0.2) is 20.5 Å². The quantitative estimate of drug-likeness (QED) is 0.800. The number of hydrogen-bond acceptors (Lipinski definition) is 3. The van der Waals surface area contributed by atoms with E-state index in [1.54, 1.807) is 20.3 Å². The maximum Gasteiger partial charge on any atom is 0.161 e. The van der Waals surface area contributed by atoms with Crippen LogP contribution in [0.4, 0.5) is 0 Å². The van der Waals surface area contributed by atoms with Gasteiger partial charge >= 0.3 is 0 Å². The van der Waals surface area contributed by atoms with E-state index in [0.29, 0.717) is 17.1 Å². The minimum atomic E-state index is 0.547. The minimum Gasteiger partial charge on any atom is -0.493 e. The zero-order chi connectivity index (χ0) is 13.8. The lowest BCUT2D eigenvalue weighted by molar-refractivity contribution is 0.112. The van der Waals surface area contributed by atoms with Crippen molar-refractivity contribution in [3.8, 4) is 22.6 Å². The van der Waals surface area contributed by atoms with Gasteiger partial charge in [0.25, 0.3) is 0 Å². The first-order valence-electron chi connectivity index (χ1n) is 5.66. The zero-order valence-electron chi connectivity index (χ0n) is 10.6. The molecule has 3 nitrogen and oxygen atoms in total. The summed E-state index contributed by atoms with van der Waals surface area (Å²) in [5.74, 6) is 1.15. The molecule has 0 fully saturated rings. The number of rotatable bonds is 4. The van der Waals surface area contributed by atoms with E-state index in [4.69, 9.17) is 9.47 Å². The van der Waals surface area contributed by atoms with E-state index < -0.39 is 0 Å². The van der Waals surface area contributed by atoms with Crippen LogP contribution in [0, 0.1) is 0 Å². The van der Waals surface area contributed by atoms with E-state index >= 15 is 0 Å². The number of hydrogen-bond donors (Lipinski definition) is 0. The number of carbonyl (C=O) groups excluding carboxylic acids is 1. The molecule has 2 rings (SSSR count). The summed E-state index contributed by atoms with van der Waals surface area (Å²) in [6, 6.07) is 11.2. The van der Waals surface area contributed by atoms with Gasteiger partial charge in [0, 0.05) is 10.0 Å². The molecular weight excluding hydrogens is 308 g/mol. The largest absolute Gasteiger partial charge is 0.493 e. The van der Waals surface area contributed by atoms with E-state index in [1.165, 1.54) is 0 Å². The second kappa shape index (κ2) is 5.89. The minimum absolute atomic E-state index is 0.547. The van der Waals surface area contributed by atoms with Gasteiger partial charge in [-0.15, -0.1) is 0 Å². The smallest absolute Gasteiger partial charge is 0.161 e. The number of ether oxygens (including phenoxy) is 2. The fourth-order valence-corrected chi connectivity index (χ4v) is 2.14. The Morgan fingerprint density at radius 3 is 2.11 bits per heavy atom. The lowest BCUT2D eigenvalue weighted by Gasteiger charge is -2.12. The third-order valence-corrected chi connectivity index (χ3v) is 3.37. The van der Waals surface area contributed by atoms with Crippen molar-refractivity contribution in [1.82, 2.24) is 0 Å². The molecule has 0 aliphatic carbocycles. The summed E-state index contributed by atoms with van der Waals surface area (Å²) < 4.78 is 11.5. The molecule has 4 heteroatoms. The van der Waals surface area contributed by atoms with Crippen LogP contribution in [0.3, 0.4) is 0 Å². The van der Waals surface area contributed by atoms with Gasteiger partial charge in [0.2, 0.25) is 0 Å². The summed E-state index contributed by atoms with van der Waals surface area (Å²) in [5.41, 5.74) is 2.34. The van der Waals surface area contributed by atoms with Crippen LogP contribution in [0.5, 0.6) is 11.5 Å². The summed E-state index contributed by atoms with van der Waals surface area (Å²) >= 11 is 3.39. The zero-order valence-corrected chi connectivity index (χ0v) is 12.2. The highest BCUT2D eigenvalue weighted by molar-refractivity contribution is 9.10. The average Bonchev–Trinajstić information content (AvgIpc) is 2.46. The Morgan fingerprint density at radius 1 is 1.00 bits per heavy atom. The molecule has 0 heterocycles. The maximum atomic E-state index is 11.2. The van der Waals surface area contributed by atoms with Crippen LogP contribution in [-0.2, 0) is 0 Å². The van der Waals surface area contributed by atoms with Crippen LogP contribution < -0.4 is 9.47 Å². The van der Waals surface area contributed by atoms with Crippen LogP contribution in [0.25, 0.3) is 11.1 Å². The summed E-state index contributed by atoms with van der Waals surface area (Å²) in [6.45, 7) is 0. The van der Waals surface area contributed by atoms with Crippen molar-refractivity contribution in [2.24, 2.45) is 0 Å². The topological polar surface area (TPSA) is 35.5 Å². The Kier molecular flexibility index (Phi) is 4.22. The fraction of sp³-hybridized carbons (Fsp3) is 0.133. The molecule has 0 saturated carbocycles. The highest BCUT2D eigenvalue weighted by Gasteiger charge is 2.12. The highest BCUT2D eigenvalue weighted by atomic mass is 79.9. The van der Waals surface area contributed by atoms with Gasteiger partial charge in [-0.25, -0.2) is 0 Å². The van der Waals surface area contributed by atoms with Gasteiger partial charge in [-0.1, -0.05) is 28.1 Å². The molecule has 0 radical (unpaired) electrons. The van der Waals surface area contributed by atoms with Crippen molar-refractivity contribution in [3.63, 3.8) is 0 Å². The van der Waals surface area contributed by atoms with Gasteiger partial charge in [0.05, 0.1) is 14.2 Å². The fourth-order valence-electron chi connectivity index (χ4n) is 1.87. The summed E-state index contributed by atoms with van der Waals surface area (Å²) in [4.78, 5) is 11.2. The van der Waals surface area contributed by atoms with Gasteiger partial charge in [-0.2, -0.15) is 0 Å². The molecule has 0 amide bonds. The normalized spacial score (nSPS) is 10.1. The summed E-state index contributed by atoms with van der Waals surface area (Å²) in [7, 11) is 3.12. The molecule has 2 aromatic rings. The molecule has 0 unspecified atom stereocenters. The number of benzene rings is 2. The van der Waals surface area contributed by atoms with Crippen LogP contribution in [0.2, 0.25) is 0 Å². The molecule has 0 spiro atoms. The van der Waals surface area contributed by atoms with Crippen molar-refractivity contribution in [2.45, 2.75) is 0 Å². The molecular formula is C15H13BrO3. The maximum absolute atomic E-state index is 11.2. The van der Waals surface area contributed by atoms with Crippen molar-refractivity contribution in [2.75, 3.05) is 14.2 Å². The van der Waals surface area contributed by atoms with Crippen LogP contribution in [0.15, 0.2) is 40.9 Å². The molecule has 0 aromatic heterocycles. The first-order chi connectivity index (χ1) is 9.19. The number of halogens is 1. The average molecular weight is 321 g/mol. The van der Waals surface area contributed by atoms with Gasteiger partial charge in [0.15, 0.2) is 17.8 Å². The number of methoxy groups -OCH3 is 2. The van der Waals surface area contributed by atoms with Crippen molar-refractivity contribution in [3.05, 3.63) is 46.4 Å². The van der Waals surface area contributed by atoms with E-state index in [1.807, 2.05) is 30.3 Å². The molecule has 19 heavy (non-hydrogen) atoms. The van der Waals surface area contributed by atoms with Gasteiger partial charge in [-0.3, -0.25) is 4.79 Å². The number of aldehydes is 1. The standard InChI is InChI=1S/C15H13BrO3/c1-18-14-7-11(9-17)13(8-15(14)19-2)10-3-5-12(16)6-4-10/h3-9H,1-2H3. The third kappa shape index (κ3) is 2.79. The Hall–Kier alpha value is -1.81. The van der Waals surface area contributed by atoms with Gasteiger partial charge < -0.3 is 9.47 Å². The molecule has 0 aliphatic rings. The first kappa shape index (κ1) is 13.6. The molecule has 0 N–H and O–H groups in total. The Balaban J connectivity index is 2.61. The third-order valence-electron chi connectivity index (χ3n) is 2.84. The lowest BCUT2D eigenvalue weighted by Crippen LogP contribution is -1.95. The predicted octanol–water partition coefficient (Wildman–Crippen LogP) is 3.95. The van der Waals surface area contributed by atoms with Gasteiger partial charge in [-0.05, 0) is 35.4 Å². The highest BCUT2D eigenvalue weighted by Crippen LogP contribution is 2.35. The van der Waals surface area contributed by atoms with Gasteiger partial charge in [0.1, 0.15) is 0 Å². The Morgan fingerprint density at radius 2 is 1.58 bits per heavy atom. The molecule has 0 saturated heterocycles. The Bertz CT molecular complexity index is 591. The summed E-state index contributed by atoms with van der Waals surface area (Å²) in [6.07, 6.45) is 0.819. The molecule has 0 aliphatic heterocycles. The monoisotopic (exact) mass is 320 g/mol. The SMILES string of the molecule is COc1cc(C=O)c(-c2ccc(Br)cc2)cc1OC. The second-order valence-corrected chi connectivity index (χ2v) is 4.83.